The highest BCUT2D eigenvalue weighted by molar-refractivity contribution is 9.10. The molecule has 0 saturated carbocycles. The lowest BCUT2D eigenvalue weighted by atomic mass is 10.2. The monoisotopic (exact) mass is 338 g/mol. The Morgan fingerprint density at radius 3 is 2.74 bits per heavy atom. The van der Waals surface area contributed by atoms with Gasteiger partial charge in [0.05, 0.1) is 0 Å². The molecule has 2 aromatic rings. The van der Waals surface area contributed by atoms with Gasteiger partial charge in [-0.3, -0.25) is 4.79 Å². The van der Waals surface area contributed by atoms with Crippen LogP contribution in [0.25, 0.3) is 0 Å². The summed E-state index contributed by atoms with van der Waals surface area (Å²) < 4.78 is 0.999. The largest absolute Gasteiger partial charge is 0.340 e. The van der Waals surface area contributed by atoms with Crippen LogP contribution < -0.4 is 5.73 Å². The van der Waals surface area contributed by atoms with Crippen LogP contribution in [0.5, 0.6) is 0 Å². The zero-order chi connectivity index (χ0) is 13.8. The maximum atomic E-state index is 12.2. The summed E-state index contributed by atoms with van der Waals surface area (Å²) in [5.41, 5.74) is 7.05. The van der Waals surface area contributed by atoms with Crippen molar-refractivity contribution in [3.05, 3.63) is 56.7 Å². The minimum absolute atomic E-state index is 0.0711. The van der Waals surface area contributed by atoms with E-state index in [1.807, 2.05) is 41.8 Å². The van der Waals surface area contributed by atoms with Crippen LogP contribution in [0, 0.1) is 0 Å². The molecule has 2 rings (SSSR count). The normalized spacial score (nSPS) is 12.2. The van der Waals surface area contributed by atoms with Gasteiger partial charge in [0.15, 0.2) is 0 Å². The van der Waals surface area contributed by atoms with Gasteiger partial charge in [0.25, 0.3) is 0 Å². The molecule has 1 aromatic carbocycles. The standard InChI is InChI=1S/C14H15BrN2OS/c1-17(9-10-5-2-3-6-11(10)15)14(18)13(16)12-7-4-8-19-12/h2-8,13H,9,16H2,1H3. The first-order valence-corrected chi connectivity index (χ1v) is 7.54. The molecule has 0 aliphatic carbocycles. The predicted molar refractivity (Wildman–Crippen MR) is 81.9 cm³/mol. The van der Waals surface area contributed by atoms with Crippen LogP contribution in [-0.2, 0) is 11.3 Å². The van der Waals surface area contributed by atoms with Crippen LogP contribution in [0.4, 0.5) is 0 Å². The fourth-order valence-corrected chi connectivity index (χ4v) is 2.92. The molecule has 0 aliphatic heterocycles. The quantitative estimate of drug-likeness (QED) is 0.930. The molecule has 3 nitrogen and oxygen atoms in total. The molecular weight excluding hydrogens is 324 g/mol. The van der Waals surface area contributed by atoms with Gasteiger partial charge in [-0.05, 0) is 23.1 Å². The minimum Gasteiger partial charge on any atom is -0.340 e. The van der Waals surface area contributed by atoms with Crippen molar-refractivity contribution in [2.24, 2.45) is 5.73 Å². The van der Waals surface area contributed by atoms with Crippen LogP contribution in [-0.4, -0.2) is 17.9 Å². The summed E-state index contributed by atoms with van der Waals surface area (Å²) in [6, 6.07) is 11.1. The number of carbonyl (C=O) groups is 1. The molecule has 1 heterocycles. The van der Waals surface area contributed by atoms with E-state index in [9.17, 15) is 4.79 Å². The van der Waals surface area contributed by atoms with E-state index >= 15 is 0 Å². The zero-order valence-electron chi connectivity index (χ0n) is 10.5. The van der Waals surface area contributed by atoms with E-state index in [1.165, 1.54) is 11.3 Å². The van der Waals surface area contributed by atoms with Crippen molar-refractivity contribution in [2.45, 2.75) is 12.6 Å². The molecule has 0 fully saturated rings. The third-order valence-corrected chi connectivity index (χ3v) is 4.59. The Kier molecular flexibility index (Phi) is 4.74. The van der Waals surface area contributed by atoms with Crippen molar-refractivity contribution in [1.29, 1.82) is 0 Å². The fraction of sp³-hybridized carbons (Fsp3) is 0.214. The summed E-state index contributed by atoms with van der Waals surface area (Å²) in [6.45, 7) is 0.541. The number of rotatable bonds is 4. The number of carbonyl (C=O) groups excluding carboxylic acids is 1. The highest BCUT2D eigenvalue weighted by Gasteiger charge is 2.21. The van der Waals surface area contributed by atoms with Crippen LogP contribution in [0.2, 0.25) is 0 Å². The molecule has 19 heavy (non-hydrogen) atoms. The molecule has 0 bridgehead atoms. The van der Waals surface area contributed by atoms with Crippen molar-refractivity contribution >= 4 is 33.2 Å². The molecule has 0 radical (unpaired) electrons. The molecule has 0 aliphatic rings. The Hall–Kier alpha value is -1.17. The number of halogens is 1. The number of hydrogen-bond donors (Lipinski definition) is 1. The molecule has 0 saturated heterocycles. The van der Waals surface area contributed by atoms with E-state index in [-0.39, 0.29) is 5.91 Å². The highest BCUT2D eigenvalue weighted by Crippen LogP contribution is 2.21. The van der Waals surface area contributed by atoms with E-state index < -0.39 is 6.04 Å². The molecule has 5 heteroatoms. The van der Waals surface area contributed by atoms with Gasteiger partial charge in [0.2, 0.25) is 5.91 Å². The molecule has 0 spiro atoms. The summed E-state index contributed by atoms with van der Waals surface area (Å²) in [4.78, 5) is 14.8. The highest BCUT2D eigenvalue weighted by atomic mass is 79.9. The summed E-state index contributed by atoms with van der Waals surface area (Å²) >= 11 is 4.99. The maximum absolute atomic E-state index is 12.2. The third-order valence-electron chi connectivity index (χ3n) is 2.86. The van der Waals surface area contributed by atoms with Crippen molar-refractivity contribution in [1.82, 2.24) is 4.90 Å². The van der Waals surface area contributed by atoms with Gasteiger partial charge in [-0.25, -0.2) is 0 Å². The first-order valence-electron chi connectivity index (χ1n) is 5.87. The van der Waals surface area contributed by atoms with Gasteiger partial charge in [-0.1, -0.05) is 40.2 Å². The number of nitrogens with zero attached hydrogens (tertiary/aromatic N) is 1. The van der Waals surface area contributed by atoms with Crippen LogP contribution >= 0.6 is 27.3 Å². The Morgan fingerprint density at radius 2 is 2.11 bits per heavy atom. The topological polar surface area (TPSA) is 46.3 Å². The van der Waals surface area contributed by atoms with Crippen LogP contribution in [0.1, 0.15) is 16.5 Å². The molecule has 1 amide bonds. The third kappa shape index (κ3) is 3.43. The van der Waals surface area contributed by atoms with Crippen LogP contribution in [0.3, 0.4) is 0 Å². The van der Waals surface area contributed by atoms with E-state index in [1.54, 1.807) is 11.9 Å². The van der Waals surface area contributed by atoms with Gasteiger partial charge < -0.3 is 10.6 Å². The number of nitrogens with two attached hydrogens (primary N) is 1. The number of benzene rings is 1. The Morgan fingerprint density at radius 1 is 1.37 bits per heavy atom. The second-order valence-corrected chi connectivity index (χ2v) is 6.11. The SMILES string of the molecule is CN(Cc1ccccc1Br)C(=O)C(N)c1cccs1. The van der Waals surface area contributed by atoms with Gasteiger partial charge in [0, 0.05) is 22.9 Å². The summed E-state index contributed by atoms with van der Waals surface area (Å²) in [5.74, 6) is -0.0711. The molecule has 1 atom stereocenters. The summed E-state index contributed by atoms with van der Waals surface area (Å²) in [5, 5.41) is 1.93. The van der Waals surface area contributed by atoms with Crippen molar-refractivity contribution in [2.75, 3.05) is 7.05 Å². The van der Waals surface area contributed by atoms with Crippen molar-refractivity contribution in [3.8, 4) is 0 Å². The lowest BCUT2D eigenvalue weighted by molar-refractivity contribution is -0.131. The Labute approximate surface area is 125 Å². The minimum atomic E-state index is -0.576. The van der Waals surface area contributed by atoms with Crippen LogP contribution in [0.15, 0.2) is 46.3 Å². The average Bonchev–Trinajstić information content (AvgIpc) is 2.93. The van der Waals surface area contributed by atoms with Gasteiger partial charge in [-0.15, -0.1) is 11.3 Å². The lowest BCUT2D eigenvalue weighted by Gasteiger charge is -2.21. The van der Waals surface area contributed by atoms with Crippen molar-refractivity contribution in [3.63, 3.8) is 0 Å². The van der Waals surface area contributed by atoms with Gasteiger partial charge in [-0.2, -0.15) is 0 Å². The molecule has 2 N–H and O–H groups in total. The molecule has 1 unspecified atom stereocenters. The van der Waals surface area contributed by atoms with E-state index in [4.69, 9.17) is 5.73 Å². The van der Waals surface area contributed by atoms with Gasteiger partial charge in [0.1, 0.15) is 6.04 Å². The lowest BCUT2D eigenvalue weighted by Crippen LogP contribution is -2.35. The second kappa shape index (κ2) is 6.32. The summed E-state index contributed by atoms with van der Waals surface area (Å²) in [7, 11) is 1.77. The van der Waals surface area contributed by atoms with E-state index in [0.717, 1.165) is 14.9 Å². The zero-order valence-corrected chi connectivity index (χ0v) is 12.9. The number of likely N-dealkylation sites (N-methyl/N-ethyl adjacent to an activating group) is 1. The predicted octanol–water partition coefficient (Wildman–Crippen LogP) is 3.17. The molecular formula is C14H15BrN2OS. The smallest absolute Gasteiger partial charge is 0.244 e. The first kappa shape index (κ1) is 14.2. The van der Waals surface area contributed by atoms with Gasteiger partial charge >= 0.3 is 0 Å². The second-order valence-electron chi connectivity index (χ2n) is 4.28. The molecule has 100 valence electrons. The molecule has 1 aromatic heterocycles. The summed E-state index contributed by atoms with van der Waals surface area (Å²) in [6.07, 6.45) is 0. The number of hydrogen-bond acceptors (Lipinski definition) is 3. The fourth-order valence-electron chi connectivity index (χ4n) is 1.79. The number of amides is 1. The average molecular weight is 339 g/mol. The van der Waals surface area contributed by atoms with E-state index in [0.29, 0.717) is 6.54 Å². The maximum Gasteiger partial charge on any atom is 0.244 e. The Bertz CT molecular complexity index is 556. The first-order chi connectivity index (χ1) is 9.09. The van der Waals surface area contributed by atoms with E-state index in [2.05, 4.69) is 15.9 Å². The Balaban J connectivity index is 2.06. The van der Waals surface area contributed by atoms with Crippen molar-refractivity contribution < 1.29 is 4.79 Å². The number of thiophene rings is 1.